The van der Waals surface area contributed by atoms with Crippen molar-refractivity contribution in [3.63, 3.8) is 0 Å². The number of anilines is 2. The molecule has 6 nitrogen and oxygen atoms in total. The van der Waals surface area contributed by atoms with Crippen LogP contribution in [0.25, 0.3) is 0 Å². The Bertz CT molecular complexity index is 674. The number of hydrogen-bond acceptors (Lipinski definition) is 6. The van der Waals surface area contributed by atoms with E-state index < -0.39 is 0 Å². The summed E-state index contributed by atoms with van der Waals surface area (Å²) >= 11 is 5.92. The van der Waals surface area contributed by atoms with Crippen molar-refractivity contribution in [2.75, 3.05) is 50.0 Å². The number of halogens is 1. The number of nitrogens with zero attached hydrogens (tertiary/aromatic N) is 3. The lowest BCUT2D eigenvalue weighted by Crippen LogP contribution is -2.39. The van der Waals surface area contributed by atoms with E-state index in [1.165, 1.54) is 0 Å². The number of nitrogens with one attached hydrogen (secondary N) is 2. The van der Waals surface area contributed by atoms with E-state index in [2.05, 4.69) is 25.5 Å². The van der Waals surface area contributed by atoms with Gasteiger partial charge in [-0.15, -0.1) is 0 Å². The molecule has 1 saturated heterocycles. The van der Waals surface area contributed by atoms with Gasteiger partial charge in [0.1, 0.15) is 5.82 Å². The van der Waals surface area contributed by atoms with Gasteiger partial charge in [0.05, 0.1) is 13.2 Å². The first-order valence-electron chi connectivity index (χ1n) is 8.57. The molecule has 7 heteroatoms. The SMILES string of the molecule is Cc1cc(NCc2ccc(Cl)cc2)nc(NCCN2CCOCC2)n1. The number of morpholine rings is 1. The largest absolute Gasteiger partial charge is 0.379 e. The van der Waals surface area contributed by atoms with Crippen LogP contribution in [0.3, 0.4) is 0 Å². The van der Waals surface area contributed by atoms with Gasteiger partial charge in [-0.2, -0.15) is 4.98 Å². The fraction of sp³-hybridized carbons (Fsp3) is 0.444. The van der Waals surface area contributed by atoms with E-state index in [9.17, 15) is 0 Å². The topological polar surface area (TPSA) is 62.3 Å². The standard InChI is InChI=1S/C18H24ClN5O/c1-14-12-17(21-13-15-2-4-16(19)5-3-15)23-18(22-14)20-6-7-24-8-10-25-11-9-24/h2-5,12H,6-11,13H2,1H3,(H2,20,21,22,23). The molecule has 2 aromatic rings. The summed E-state index contributed by atoms with van der Waals surface area (Å²) in [6.07, 6.45) is 0. The Morgan fingerprint density at radius 2 is 1.88 bits per heavy atom. The van der Waals surface area contributed by atoms with Gasteiger partial charge < -0.3 is 15.4 Å². The van der Waals surface area contributed by atoms with Crippen molar-refractivity contribution in [1.29, 1.82) is 0 Å². The average molecular weight is 362 g/mol. The number of hydrogen-bond donors (Lipinski definition) is 2. The van der Waals surface area contributed by atoms with Crippen LogP contribution in [0.4, 0.5) is 11.8 Å². The van der Waals surface area contributed by atoms with Gasteiger partial charge in [0.2, 0.25) is 5.95 Å². The van der Waals surface area contributed by atoms with Crippen LogP contribution in [-0.2, 0) is 11.3 Å². The van der Waals surface area contributed by atoms with E-state index in [1.807, 2.05) is 37.3 Å². The summed E-state index contributed by atoms with van der Waals surface area (Å²) in [4.78, 5) is 11.4. The Hall–Kier alpha value is -1.89. The van der Waals surface area contributed by atoms with Gasteiger partial charge in [0.25, 0.3) is 0 Å². The van der Waals surface area contributed by atoms with E-state index in [-0.39, 0.29) is 0 Å². The summed E-state index contributed by atoms with van der Waals surface area (Å²) < 4.78 is 5.36. The number of rotatable bonds is 7. The molecular formula is C18H24ClN5O. The Kier molecular flexibility index (Phi) is 6.44. The summed E-state index contributed by atoms with van der Waals surface area (Å²) in [6, 6.07) is 9.74. The maximum Gasteiger partial charge on any atom is 0.224 e. The third-order valence-corrected chi connectivity index (χ3v) is 4.31. The van der Waals surface area contributed by atoms with Crippen molar-refractivity contribution >= 4 is 23.4 Å². The number of aryl methyl sites for hydroxylation is 1. The summed E-state index contributed by atoms with van der Waals surface area (Å²) in [5.41, 5.74) is 2.09. The van der Waals surface area contributed by atoms with Crippen molar-refractivity contribution < 1.29 is 4.74 Å². The highest BCUT2D eigenvalue weighted by Crippen LogP contribution is 2.13. The van der Waals surface area contributed by atoms with Crippen molar-refractivity contribution in [3.05, 3.63) is 46.6 Å². The van der Waals surface area contributed by atoms with Crippen LogP contribution in [0.2, 0.25) is 5.02 Å². The second-order valence-electron chi connectivity index (χ2n) is 6.08. The molecule has 25 heavy (non-hydrogen) atoms. The molecule has 1 aromatic heterocycles. The van der Waals surface area contributed by atoms with Gasteiger partial charge in [-0.3, -0.25) is 4.90 Å². The van der Waals surface area contributed by atoms with Gasteiger partial charge in [-0.1, -0.05) is 23.7 Å². The smallest absolute Gasteiger partial charge is 0.224 e. The first kappa shape index (κ1) is 17.9. The van der Waals surface area contributed by atoms with Crippen LogP contribution in [0.15, 0.2) is 30.3 Å². The molecule has 0 radical (unpaired) electrons. The van der Waals surface area contributed by atoms with Crippen molar-refractivity contribution in [3.8, 4) is 0 Å². The fourth-order valence-corrected chi connectivity index (χ4v) is 2.81. The first-order valence-corrected chi connectivity index (χ1v) is 8.95. The lowest BCUT2D eigenvalue weighted by Gasteiger charge is -2.26. The fourth-order valence-electron chi connectivity index (χ4n) is 2.68. The molecular weight excluding hydrogens is 338 g/mol. The predicted molar refractivity (Wildman–Crippen MR) is 101 cm³/mol. The molecule has 2 heterocycles. The molecule has 0 unspecified atom stereocenters. The maximum absolute atomic E-state index is 5.92. The summed E-state index contributed by atoms with van der Waals surface area (Å²) in [5, 5.41) is 7.40. The van der Waals surface area contributed by atoms with E-state index >= 15 is 0 Å². The summed E-state index contributed by atoms with van der Waals surface area (Å²) in [7, 11) is 0. The van der Waals surface area contributed by atoms with E-state index in [4.69, 9.17) is 16.3 Å². The van der Waals surface area contributed by atoms with Crippen molar-refractivity contribution in [2.45, 2.75) is 13.5 Å². The normalized spacial score (nSPS) is 15.1. The Morgan fingerprint density at radius 3 is 2.64 bits per heavy atom. The quantitative estimate of drug-likeness (QED) is 0.790. The second-order valence-corrected chi connectivity index (χ2v) is 6.52. The molecule has 1 aliphatic heterocycles. The minimum absolute atomic E-state index is 0.659. The third-order valence-electron chi connectivity index (χ3n) is 4.06. The van der Waals surface area contributed by atoms with Crippen LogP contribution in [0.1, 0.15) is 11.3 Å². The molecule has 3 rings (SSSR count). The number of aromatic nitrogens is 2. The van der Waals surface area contributed by atoms with Gasteiger partial charge in [-0.05, 0) is 24.6 Å². The molecule has 0 spiro atoms. The van der Waals surface area contributed by atoms with E-state index in [0.717, 1.165) is 61.5 Å². The van der Waals surface area contributed by atoms with E-state index in [1.54, 1.807) is 0 Å². The Labute approximate surface area is 153 Å². The molecule has 1 fully saturated rings. The van der Waals surface area contributed by atoms with Gasteiger partial charge >= 0.3 is 0 Å². The predicted octanol–water partition coefficient (Wildman–Crippen LogP) is 2.79. The lowest BCUT2D eigenvalue weighted by atomic mass is 10.2. The van der Waals surface area contributed by atoms with Gasteiger partial charge in [0.15, 0.2) is 0 Å². The number of benzene rings is 1. The van der Waals surface area contributed by atoms with Gasteiger partial charge in [-0.25, -0.2) is 4.98 Å². The Morgan fingerprint density at radius 1 is 1.12 bits per heavy atom. The van der Waals surface area contributed by atoms with Gasteiger partial charge in [0, 0.05) is 49.5 Å². The molecule has 1 aromatic carbocycles. The van der Waals surface area contributed by atoms with Crippen molar-refractivity contribution in [2.24, 2.45) is 0 Å². The van der Waals surface area contributed by atoms with Crippen LogP contribution >= 0.6 is 11.6 Å². The highest BCUT2D eigenvalue weighted by molar-refractivity contribution is 6.30. The molecule has 2 N–H and O–H groups in total. The zero-order valence-corrected chi connectivity index (χ0v) is 15.2. The molecule has 0 bridgehead atoms. The van der Waals surface area contributed by atoms with Crippen LogP contribution in [0, 0.1) is 6.92 Å². The zero-order valence-electron chi connectivity index (χ0n) is 14.5. The summed E-state index contributed by atoms with van der Waals surface area (Å²) in [5.74, 6) is 1.48. The molecule has 1 aliphatic rings. The molecule has 0 aliphatic carbocycles. The minimum Gasteiger partial charge on any atom is -0.379 e. The van der Waals surface area contributed by atoms with Crippen molar-refractivity contribution in [1.82, 2.24) is 14.9 Å². The maximum atomic E-state index is 5.92. The molecule has 0 amide bonds. The highest BCUT2D eigenvalue weighted by atomic mass is 35.5. The summed E-state index contributed by atoms with van der Waals surface area (Å²) in [6.45, 7) is 8.07. The monoisotopic (exact) mass is 361 g/mol. The second kappa shape index (κ2) is 8.99. The highest BCUT2D eigenvalue weighted by Gasteiger charge is 2.10. The van der Waals surface area contributed by atoms with E-state index in [0.29, 0.717) is 12.5 Å². The third kappa shape index (κ3) is 5.85. The molecule has 134 valence electrons. The number of ether oxygens (including phenoxy) is 1. The lowest BCUT2D eigenvalue weighted by molar-refractivity contribution is 0.0398. The Balaban J connectivity index is 1.51. The van der Waals surface area contributed by atoms with Crippen LogP contribution < -0.4 is 10.6 Å². The van der Waals surface area contributed by atoms with Crippen LogP contribution in [-0.4, -0.2) is 54.3 Å². The van der Waals surface area contributed by atoms with Crippen LogP contribution in [0.5, 0.6) is 0 Å². The first-order chi connectivity index (χ1) is 12.2. The minimum atomic E-state index is 0.659. The molecule has 0 atom stereocenters. The zero-order chi connectivity index (χ0) is 17.5. The average Bonchev–Trinajstić information content (AvgIpc) is 2.62. The molecule has 0 saturated carbocycles.